The Hall–Kier alpha value is -2.48. The molecule has 4 rings (SSSR count). The number of carbonyl (C=O) groups excluding carboxylic acids is 2. The molecule has 0 fully saturated rings. The van der Waals surface area contributed by atoms with Crippen LogP contribution in [0.4, 0.5) is 0 Å². The minimum atomic E-state index is 0. The Balaban J connectivity index is 0.000000202. The van der Waals surface area contributed by atoms with Gasteiger partial charge in [-0.15, -0.1) is 0 Å². The molecular formula is C18H16O2+2. The van der Waals surface area contributed by atoms with Gasteiger partial charge in [0.2, 0.25) is 0 Å². The molecule has 2 heteroatoms. The molecule has 0 unspecified atom stereocenters. The van der Waals surface area contributed by atoms with Crippen LogP contribution in [0.3, 0.4) is 0 Å². The molecule has 0 saturated heterocycles. The Morgan fingerprint density at radius 1 is 0.750 bits per heavy atom. The highest BCUT2D eigenvalue weighted by Crippen LogP contribution is 2.20. The highest BCUT2D eigenvalue weighted by molar-refractivity contribution is 6.13. The minimum absolute atomic E-state index is 0. The molecule has 0 aromatic heterocycles. The first kappa shape index (κ1) is 12.5. The topological polar surface area (TPSA) is 34.1 Å². The Kier molecular flexibility index (Phi) is 3.30. The predicted molar refractivity (Wildman–Crippen MR) is 81.1 cm³/mol. The van der Waals surface area contributed by atoms with Crippen molar-refractivity contribution in [2.45, 2.75) is 12.8 Å². The van der Waals surface area contributed by atoms with E-state index in [0.29, 0.717) is 12.2 Å². The summed E-state index contributed by atoms with van der Waals surface area (Å²) < 4.78 is 0. The Bertz CT molecular complexity index is 715. The lowest BCUT2D eigenvalue weighted by atomic mass is 10.1. The smallest absolute Gasteiger partial charge is 0.294 e. The molecule has 20 heavy (non-hydrogen) atoms. The van der Waals surface area contributed by atoms with Crippen LogP contribution in [0.25, 0.3) is 6.08 Å². The van der Waals surface area contributed by atoms with Crippen LogP contribution < -0.4 is 0 Å². The average Bonchev–Trinajstić information content (AvgIpc) is 3.05. The Labute approximate surface area is 120 Å². The fourth-order valence-electron chi connectivity index (χ4n) is 2.52. The van der Waals surface area contributed by atoms with E-state index in [1.165, 1.54) is 5.56 Å². The lowest BCUT2D eigenvalue weighted by molar-refractivity contribution is 0.0993. The fraction of sp³-hybridized carbons (Fsp3) is 0.111. The van der Waals surface area contributed by atoms with Gasteiger partial charge in [-0.05, 0) is 23.6 Å². The van der Waals surface area contributed by atoms with E-state index >= 15 is 0 Å². The van der Waals surface area contributed by atoms with E-state index in [2.05, 4.69) is 0 Å². The maximum absolute atomic E-state index is 11.1. The third-order valence-corrected chi connectivity index (χ3v) is 3.58. The molecule has 0 heterocycles. The van der Waals surface area contributed by atoms with Crippen LogP contribution in [0, 0.1) is 0 Å². The van der Waals surface area contributed by atoms with E-state index < -0.39 is 0 Å². The second kappa shape index (κ2) is 5.25. The molecule has 0 radical (unpaired) electrons. The molecule has 0 aliphatic heterocycles. The summed E-state index contributed by atoms with van der Waals surface area (Å²) in [6.45, 7) is 0. The van der Waals surface area contributed by atoms with E-state index in [0.717, 1.165) is 23.1 Å². The van der Waals surface area contributed by atoms with Crippen molar-refractivity contribution in [1.29, 1.82) is 0 Å². The van der Waals surface area contributed by atoms with Gasteiger partial charge >= 0.3 is 2.85 Å². The number of carbonyl (C=O) groups is 2. The zero-order chi connectivity index (χ0) is 13.9. The maximum Gasteiger partial charge on any atom is 1.00 e. The summed E-state index contributed by atoms with van der Waals surface area (Å²) in [5.74, 6) is 0.422. The lowest BCUT2D eigenvalue weighted by Crippen LogP contribution is -1.89. The molecule has 2 aromatic rings. The van der Waals surface area contributed by atoms with E-state index in [-0.39, 0.29) is 8.64 Å². The van der Waals surface area contributed by atoms with E-state index in [4.69, 9.17) is 0 Å². The first-order valence-electron chi connectivity index (χ1n) is 6.68. The van der Waals surface area contributed by atoms with Gasteiger partial charge in [-0.3, -0.25) is 9.59 Å². The third kappa shape index (κ3) is 2.32. The minimum Gasteiger partial charge on any atom is -0.294 e. The Morgan fingerprint density at radius 3 is 2.20 bits per heavy atom. The van der Waals surface area contributed by atoms with Gasteiger partial charge < -0.3 is 0 Å². The number of allylic oxidation sites excluding steroid dienone is 1. The second-order valence-electron chi connectivity index (χ2n) is 4.87. The quantitative estimate of drug-likeness (QED) is 0.722. The van der Waals surface area contributed by atoms with Gasteiger partial charge in [0.1, 0.15) is 0 Å². The van der Waals surface area contributed by atoms with Crippen molar-refractivity contribution in [2.75, 3.05) is 0 Å². The van der Waals surface area contributed by atoms with E-state index in [9.17, 15) is 9.59 Å². The van der Waals surface area contributed by atoms with Crippen LogP contribution in [0.2, 0.25) is 0 Å². The summed E-state index contributed by atoms with van der Waals surface area (Å²) in [6.07, 6.45) is 5.09. The molecule has 0 saturated carbocycles. The van der Waals surface area contributed by atoms with Crippen molar-refractivity contribution in [1.82, 2.24) is 0 Å². The maximum atomic E-state index is 11.1. The molecular weight excluding hydrogens is 248 g/mol. The monoisotopic (exact) mass is 264 g/mol. The van der Waals surface area contributed by atoms with Crippen molar-refractivity contribution in [3.8, 4) is 0 Å². The first-order valence-corrected chi connectivity index (χ1v) is 6.68. The molecule has 2 nitrogen and oxygen atoms in total. The second-order valence-corrected chi connectivity index (χ2v) is 4.87. The number of hydrogen-bond acceptors (Lipinski definition) is 2. The number of aryl methyl sites for hydroxylation is 1. The third-order valence-electron chi connectivity index (χ3n) is 3.58. The molecule has 0 spiro atoms. The number of Topliss-reactive ketones (excluding diaryl/α,β-unsaturated/α-hetero) is 1. The molecule has 0 bridgehead atoms. The van der Waals surface area contributed by atoms with Crippen LogP contribution in [0.1, 0.15) is 41.1 Å². The summed E-state index contributed by atoms with van der Waals surface area (Å²) in [7, 11) is 0. The molecule has 0 N–H and O–H groups in total. The molecule has 0 atom stereocenters. The van der Waals surface area contributed by atoms with E-state index in [1.807, 2.05) is 54.6 Å². The van der Waals surface area contributed by atoms with E-state index in [1.54, 1.807) is 6.08 Å². The summed E-state index contributed by atoms with van der Waals surface area (Å²) in [6, 6.07) is 15.4. The van der Waals surface area contributed by atoms with Gasteiger partial charge in [-0.25, -0.2) is 0 Å². The number of rotatable bonds is 0. The van der Waals surface area contributed by atoms with Crippen molar-refractivity contribution in [3.63, 3.8) is 0 Å². The number of ketones is 2. The Morgan fingerprint density at radius 2 is 1.45 bits per heavy atom. The molecule has 98 valence electrons. The van der Waals surface area contributed by atoms with Gasteiger partial charge in [-0.1, -0.05) is 54.6 Å². The zero-order valence-corrected chi connectivity index (χ0v) is 11.0. The van der Waals surface area contributed by atoms with Gasteiger partial charge in [0.15, 0.2) is 11.6 Å². The van der Waals surface area contributed by atoms with Crippen molar-refractivity contribution in [3.05, 3.63) is 76.9 Å². The zero-order valence-electron chi connectivity index (χ0n) is 13.0. The van der Waals surface area contributed by atoms with Gasteiger partial charge in [0, 0.05) is 17.5 Å². The normalized spacial score (nSPS) is 14.6. The highest BCUT2D eigenvalue weighted by atomic mass is 16.1. The van der Waals surface area contributed by atoms with Gasteiger partial charge in [0.05, 0.1) is 0 Å². The molecule has 0 amide bonds. The van der Waals surface area contributed by atoms with Gasteiger partial charge in [-0.2, -0.15) is 0 Å². The summed E-state index contributed by atoms with van der Waals surface area (Å²) in [5, 5.41) is 0. The fourth-order valence-corrected chi connectivity index (χ4v) is 2.52. The van der Waals surface area contributed by atoms with Crippen LogP contribution in [-0.4, -0.2) is 11.6 Å². The standard InChI is InChI=1S/C9H8O.C9H6O/c2*10-9-6-5-7-3-1-2-4-8(7)9/h1-4H,5-6H2;1-6H/p+2. The number of hydrogen-bond donors (Lipinski definition) is 0. The van der Waals surface area contributed by atoms with Crippen LogP contribution in [-0.2, 0) is 6.42 Å². The van der Waals surface area contributed by atoms with Gasteiger partial charge in [0.25, 0.3) is 0 Å². The summed E-state index contributed by atoms with van der Waals surface area (Å²) >= 11 is 0. The SMILES string of the molecule is O=C1C=Cc2ccccc21.O=C1CCc2ccccc21.[H+].[H+]. The van der Waals surface area contributed by atoms with Crippen molar-refractivity contribution < 1.29 is 12.4 Å². The lowest BCUT2D eigenvalue weighted by Gasteiger charge is -1.92. The largest absolute Gasteiger partial charge is 1.00 e. The van der Waals surface area contributed by atoms with Crippen LogP contribution in [0.5, 0.6) is 0 Å². The van der Waals surface area contributed by atoms with Crippen molar-refractivity contribution >= 4 is 17.6 Å². The average molecular weight is 264 g/mol. The summed E-state index contributed by atoms with van der Waals surface area (Å²) in [4.78, 5) is 22.0. The van der Waals surface area contributed by atoms with Crippen molar-refractivity contribution in [2.24, 2.45) is 0 Å². The van der Waals surface area contributed by atoms with Crippen LogP contribution in [0.15, 0.2) is 54.6 Å². The molecule has 2 aromatic carbocycles. The molecule has 2 aliphatic rings. The molecule has 2 aliphatic carbocycles. The number of fused-ring (bicyclic) bond motifs is 2. The van der Waals surface area contributed by atoms with Crippen LogP contribution >= 0.6 is 0 Å². The summed E-state index contributed by atoms with van der Waals surface area (Å²) in [5.41, 5.74) is 4.00. The number of benzene rings is 2. The highest BCUT2D eigenvalue weighted by Gasteiger charge is 2.17. The first-order chi connectivity index (χ1) is 9.75. The predicted octanol–water partition coefficient (Wildman–Crippen LogP) is 3.94.